The zero-order valence-electron chi connectivity index (χ0n) is 12.1. The Morgan fingerprint density at radius 3 is 2.33 bits per heavy atom. The highest BCUT2D eigenvalue weighted by Gasteiger charge is 2.23. The van der Waals surface area contributed by atoms with Crippen LogP contribution >= 0.6 is 0 Å². The minimum atomic E-state index is 0.187. The van der Waals surface area contributed by atoms with Crippen molar-refractivity contribution in [1.29, 1.82) is 0 Å². The third-order valence-corrected chi connectivity index (χ3v) is 3.32. The van der Waals surface area contributed by atoms with Gasteiger partial charge in [0.05, 0.1) is 0 Å². The van der Waals surface area contributed by atoms with Gasteiger partial charge in [-0.2, -0.15) is 0 Å². The van der Waals surface area contributed by atoms with E-state index >= 15 is 0 Å². The maximum Gasteiger partial charge on any atom is 0.253 e. The number of aryl methyl sites for hydroxylation is 1. The zero-order chi connectivity index (χ0) is 13.5. The molecule has 100 valence electrons. The second kappa shape index (κ2) is 7.20. The van der Waals surface area contributed by atoms with Crippen LogP contribution < -0.4 is 0 Å². The first-order chi connectivity index (χ1) is 8.70. The number of likely N-dealkylation sites (tertiary alicyclic amines) is 1. The lowest BCUT2D eigenvalue weighted by molar-refractivity contribution is 0.0788. The first-order valence-corrected chi connectivity index (χ1v) is 7.09. The molecule has 1 atom stereocenters. The molecule has 1 aliphatic heterocycles. The molecule has 18 heavy (non-hydrogen) atoms. The van der Waals surface area contributed by atoms with E-state index in [-0.39, 0.29) is 5.91 Å². The summed E-state index contributed by atoms with van der Waals surface area (Å²) in [6.07, 6.45) is 2.16. The Hall–Kier alpha value is -1.31. The van der Waals surface area contributed by atoms with E-state index < -0.39 is 0 Å². The van der Waals surface area contributed by atoms with Gasteiger partial charge in [-0.05, 0) is 36.5 Å². The van der Waals surface area contributed by atoms with Gasteiger partial charge in [0.2, 0.25) is 0 Å². The average molecular weight is 247 g/mol. The fourth-order valence-corrected chi connectivity index (χ4v) is 2.19. The van der Waals surface area contributed by atoms with Crippen molar-refractivity contribution < 1.29 is 4.79 Å². The standard InChI is InChI=1S/C14H19NO.C2H6/c1-3-12-4-6-13(7-5-12)14(16)15-9-8-11(2)10-15;1-2/h4-7,11H,3,8-10H2,1-2H3;1-2H3. The topological polar surface area (TPSA) is 20.3 Å². The second-order valence-corrected chi connectivity index (χ2v) is 4.70. The number of amides is 1. The molecule has 2 nitrogen and oxygen atoms in total. The number of rotatable bonds is 2. The molecule has 2 heteroatoms. The van der Waals surface area contributed by atoms with Crippen LogP contribution in [0.4, 0.5) is 0 Å². The number of benzene rings is 1. The number of carbonyl (C=O) groups is 1. The Labute approximate surface area is 111 Å². The molecule has 0 spiro atoms. The van der Waals surface area contributed by atoms with Gasteiger partial charge in [-0.1, -0.05) is 39.8 Å². The summed E-state index contributed by atoms with van der Waals surface area (Å²) >= 11 is 0. The fourth-order valence-electron chi connectivity index (χ4n) is 2.19. The van der Waals surface area contributed by atoms with E-state index in [1.807, 2.05) is 43.0 Å². The molecule has 1 unspecified atom stereocenters. The van der Waals surface area contributed by atoms with Gasteiger partial charge in [0, 0.05) is 18.7 Å². The molecule has 1 heterocycles. The van der Waals surface area contributed by atoms with E-state index in [0.29, 0.717) is 5.92 Å². The van der Waals surface area contributed by atoms with Gasteiger partial charge >= 0.3 is 0 Å². The molecular weight excluding hydrogens is 222 g/mol. The van der Waals surface area contributed by atoms with Crippen LogP contribution in [0, 0.1) is 5.92 Å². The Kier molecular flexibility index (Phi) is 5.90. The predicted molar refractivity (Wildman–Crippen MR) is 76.9 cm³/mol. The van der Waals surface area contributed by atoms with Gasteiger partial charge in [0.25, 0.3) is 5.91 Å². The fraction of sp³-hybridized carbons (Fsp3) is 0.562. The van der Waals surface area contributed by atoms with Crippen molar-refractivity contribution in [2.24, 2.45) is 5.92 Å². The number of nitrogens with zero attached hydrogens (tertiary/aromatic N) is 1. The van der Waals surface area contributed by atoms with Crippen molar-refractivity contribution in [2.75, 3.05) is 13.1 Å². The maximum atomic E-state index is 12.1. The van der Waals surface area contributed by atoms with Crippen LogP contribution in [-0.4, -0.2) is 23.9 Å². The number of hydrogen-bond acceptors (Lipinski definition) is 1. The molecule has 1 amide bonds. The van der Waals surface area contributed by atoms with E-state index in [1.165, 1.54) is 5.56 Å². The molecule has 0 N–H and O–H groups in total. The summed E-state index contributed by atoms with van der Waals surface area (Å²) in [6.45, 7) is 10.1. The lowest BCUT2D eigenvalue weighted by Crippen LogP contribution is -2.28. The minimum Gasteiger partial charge on any atom is -0.338 e. The Morgan fingerprint density at radius 2 is 1.89 bits per heavy atom. The Bertz CT molecular complexity index is 369. The van der Waals surface area contributed by atoms with Crippen molar-refractivity contribution in [2.45, 2.75) is 40.5 Å². The van der Waals surface area contributed by atoms with E-state index in [1.54, 1.807) is 0 Å². The second-order valence-electron chi connectivity index (χ2n) is 4.70. The Morgan fingerprint density at radius 1 is 1.28 bits per heavy atom. The summed E-state index contributed by atoms with van der Waals surface area (Å²) in [4.78, 5) is 14.1. The highest BCUT2D eigenvalue weighted by atomic mass is 16.2. The number of hydrogen-bond donors (Lipinski definition) is 0. The van der Waals surface area contributed by atoms with Crippen LogP contribution in [0.2, 0.25) is 0 Å². The third kappa shape index (κ3) is 3.59. The minimum absolute atomic E-state index is 0.187. The summed E-state index contributed by atoms with van der Waals surface area (Å²) in [5.74, 6) is 0.839. The quantitative estimate of drug-likeness (QED) is 0.779. The highest BCUT2D eigenvalue weighted by molar-refractivity contribution is 5.94. The number of carbonyl (C=O) groups excluding carboxylic acids is 1. The summed E-state index contributed by atoms with van der Waals surface area (Å²) in [7, 11) is 0. The molecule has 0 aliphatic carbocycles. The molecule has 0 aromatic heterocycles. The Balaban J connectivity index is 0.000000771. The summed E-state index contributed by atoms with van der Waals surface area (Å²) in [6, 6.07) is 7.99. The van der Waals surface area contributed by atoms with Gasteiger partial charge in [-0.25, -0.2) is 0 Å². The van der Waals surface area contributed by atoms with Crippen LogP contribution in [0.3, 0.4) is 0 Å². The summed E-state index contributed by atoms with van der Waals surface area (Å²) in [5.41, 5.74) is 2.11. The average Bonchev–Trinajstić information content (AvgIpc) is 2.87. The first-order valence-electron chi connectivity index (χ1n) is 7.09. The largest absolute Gasteiger partial charge is 0.338 e. The van der Waals surface area contributed by atoms with Gasteiger partial charge in [0.15, 0.2) is 0 Å². The SMILES string of the molecule is CC.CCc1ccc(C(=O)N2CCC(C)C2)cc1. The van der Waals surface area contributed by atoms with Crippen molar-refractivity contribution >= 4 is 5.91 Å². The van der Waals surface area contributed by atoms with Crippen molar-refractivity contribution in [3.63, 3.8) is 0 Å². The van der Waals surface area contributed by atoms with Gasteiger partial charge in [0.1, 0.15) is 0 Å². The first kappa shape index (κ1) is 14.7. The van der Waals surface area contributed by atoms with Crippen LogP contribution in [0.5, 0.6) is 0 Å². The third-order valence-electron chi connectivity index (χ3n) is 3.32. The van der Waals surface area contributed by atoms with Gasteiger partial charge in [-0.15, -0.1) is 0 Å². The molecule has 2 rings (SSSR count). The van der Waals surface area contributed by atoms with Crippen molar-refractivity contribution in [1.82, 2.24) is 4.90 Å². The monoisotopic (exact) mass is 247 g/mol. The molecule has 1 saturated heterocycles. The molecule has 1 aromatic carbocycles. The molecule has 1 aliphatic rings. The van der Waals surface area contributed by atoms with E-state index in [9.17, 15) is 4.79 Å². The van der Waals surface area contributed by atoms with Crippen LogP contribution in [0.1, 0.15) is 50.0 Å². The smallest absolute Gasteiger partial charge is 0.253 e. The lowest BCUT2D eigenvalue weighted by Gasteiger charge is -2.15. The zero-order valence-corrected chi connectivity index (χ0v) is 12.1. The van der Waals surface area contributed by atoms with Gasteiger partial charge < -0.3 is 4.90 Å². The van der Waals surface area contributed by atoms with E-state index in [2.05, 4.69) is 13.8 Å². The predicted octanol–water partition coefficient (Wildman–Crippen LogP) is 3.76. The molecular formula is C16H25NO. The summed E-state index contributed by atoms with van der Waals surface area (Å²) < 4.78 is 0. The van der Waals surface area contributed by atoms with E-state index in [0.717, 1.165) is 31.5 Å². The van der Waals surface area contributed by atoms with Gasteiger partial charge in [-0.3, -0.25) is 4.79 Å². The normalized spacial score (nSPS) is 18.2. The van der Waals surface area contributed by atoms with Crippen LogP contribution in [-0.2, 0) is 6.42 Å². The van der Waals surface area contributed by atoms with Crippen molar-refractivity contribution in [3.8, 4) is 0 Å². The lowest BCUT2D eigenvalue weighted by atomic mass is 10.1. The molecule has 0 radical (unpaired) electrons. The molecule has 0 bridgehead atoms. The van der Waals surface area contributed by atoms with Crippen molar-refractivity contribution in [3.05, 3.63) is 35.4 Å². The molecule has 1 aromatic rings. The van der Waals surface area contributed by atoms with E-state index in [4.69, 9.17) is 0 Å². The van der Waals surface area contributed by atoms with Crippen LogP contribution in [0.15, 0.2) is 24.3 Å². The highest BCUT2D eigenvalue weighted by Crippen LogP contribution is 2.18. The molecule has 0 saturated carbocycles. The van der Waals surface area contributed by atoms with Crippen LogP contribution in [0.25, 0.3) is 0 Å². The summed E-state index contributed by atoms with van der Waals surface area (Å²) in [5, 5.41) is 0. The maximum absolute atomic E-state index is 12.1. The molecule has 1 fully saturated rings.